The highest BCUT2D eigenvalue weighted by atomic mass is 16.5. The quantitative estimate of drug-likeness (QED) is 0.807. The molecule has 1 atom stereocenters. The second kappa shape index (κ2) is 5.73. The SMILES string of the molecule is COc1ccc2c(c1)CC(C(=O)NCCN)CO2. The summed E-state index contributed by atoms with van der Waals surface area (Å²) >= 11 is 0. The van der Waals surface area contributed by atoms with Gasteiger partial charge in [0.05, 0.1) is 13.0 Å². The van der Waals surface area contributed by atoms with Gasteiger partial charge < -0.3 is 20.5 Å². The highest BCUT2D eigenvalue weighted by Crippen LogP contribution is 2.30. The third-order valence-electron chi connectivity index (χ3n) is 2.99. The summed E-state index contributed by atoms with van der Waals surface area (Å²) in [6.45, 7) is 1.36. The van der Waals surface area contributed by atoms with Gasteiger partial charge in [-0.2, -0.15) is 0 Å². The third-order valence-corrected chi connectivity index (χ3v) is 2.99. The standard InChI is InChI=1S/C13H18N2O3/c1-17-11-2-3-12-9(7-11)6-10(8-18-12)13(16)15-5-4-14/h2-3,7,10H,4-6,8,14H2,1H3,(H,15,16). The minimum absolute atomic E-state index is 0.00563. The van der Waals surface area contributed by atoms with Gasteiger partial charge in [0.1, 0.15) is 18.1 Å². The number of rotatable bonds is 4. The number of hydrogen-bond donors (Lipinski definition) is 2. The summed E-state index contributed by atoms with van der Waals surface area (Å²) in [4.78, 5) is 11.8. The molecule has 0 saturated carbocycles. The first-order chi connectivity index (χ1) is 8.74. The maximum Gasteiger partial charge on any atom is 0.226 e. The Balaban J connectivity index is 2.06. The zero-order valence-electron chi connectivity index (χ0n) is 10.4. The highest BCUT2D eigenvalue weighted by molar-refractivity contribution is 5.79. The van der Waals surface area contributed by atoms with E-state index in [0.717, 1.165) is 17.1 Å². The zero-order valence-corrected chi connectivity index (χ0v) is 10.4. The van der Waals surface area contributed by atoms with E-state index in [9.17, 15) is 4.79 Å². The number of amides is 1. The molecule has 0 aromatic heterocycles. The smallest absolute Gasteiger partial charge is 0.226 e. The Bertz CT molecular complexity index is 434. The molecule has 2 rings (SSSR count). The van der Waals surface area contributed by atoms with E-state index in [0.29, 0.717) is 26.1 Å². The number of carbonyl (C=O) groups is 1. The second-order valence-electron chi connectivity index (χ2n) is 4.27. The molecule has 1 aliphatic rings. The van der Waals surface area contributed by atoms with Gasteiger partial charge in [0, 0.05) is 13.1 Å². The maximum absolute atomic E-state index is 11.8. The number of carbonyl (C=O) groups excluding carboxylic acids is 1. The Morgan fingerprint density at radius 3 is 3.17 bits per heavy atom. The van der Waals surface area contributed by atoms with Crippen molar-refractivity contribution in [1.82, 2.24) is 5.32 Å². The minimum atomic E-state index is -0.156. The van der Waals surface area contributed by atoms with E-state index in [-0.39, 0.29) is 11.8 Å². The first kappa shape index (κ1) is 12.7. The minimum Gasteiger partial charge on any atom is -0.497 e. The lowest BCUT2D eigenvalue weighted by atomic mass is 9.96. The van der Waals surface area contributed by atoms with Crippen molar-refractivity contribution in [2.24, 2.45) is 11.7 Å². The number of benzene rings is 1. The molecule has 1 heterocycles. The van der Waals surface area contributed by atoms with E-state index in [1.54, 1.807) is 7.11 Å². The van der Waals surface area contributed by atoms with Gasteiger partial charge in [0.2, 0.25) is 5.91 Å². The summed E-state index contributed by atoms with van der Waals surface area (Å²) in [6.07, 6.45) is 0.670. The summed E-state index contributed by atoms with van der Waals surface area (Å²) in [5, 5.41) is 2.79. The highest BCUT2D eigenvalue weighted by Gasteiger charge is 2.25. The summed E-state index contributed by atoms with van der Waals surface area (Å²) < 4.78 is 10.8. The van der Waals surface area contributed by atoms with Crippen molar-refractivity contribution in [2.45, 2.75) is 6.42 Å². The van der Waals surface area contributed by atoms with Crippen molar-refractivity contribution < 1.29 is 14.3 Å². The van der Waals surface area contributed by atoms with Crippen molar-refractivity contribution in [3.8, 4) is 11.5 Å². The fraction of sp³-hybridized carbons (Fsp3) is 0.462. The number of nitrogens with two attached hydrogens (primary N) is 1. The van der Waals surface area contributed by atoms with Gasteiger partial charge in [-0.1, -0.05) is 0 Å². The Kier molecular flexibility index (Phi) is 4.04. The van der Waals surface area contributed by atoms with Crippen molar-refractivity contribution in [3.63, 3.8) is 0 Å². The Labute approximate surface area is 106 Å². The molecule has 1 aromatic rings. The van der Waals surface area contributed by atoms with Crippen LogP contribution < -0.4 is 20.5 Å². The van der Waals surface area contributed by atoms with Crippen molar-refractivity contribution in [3.05, 3.63) is 23.8 Å². The molecule has 5 nitrogen and oxygen atoms in total. The molecule has 0 aliphatic carbocycles. The van der Waals surface area contributed by atoms with Crippen LogP contribution in [0.15, 0.2) is 18.2 Å². The molecule has 1 unspecified atom stereocenters. The molecule has 0 bridgehead atoms. The van der Waals surface area contributed by atoms with E-state index in [4.69, 9.17) is 15.2 Å². The molecule has 1 aromatic carbocycles. The Hall–Kier alpha value is -1.75. The fourth-order valence-electron chi connectivity index (χ4n) is 2.01. The van der Waals surface area contributed by atoms with Gasteiger partial charge in [-0.3, -0.25) is 4.79 Å². The molecule has 0 fully saturated rings. The number of fused-ring (bicyclic) bond motifs is 1. The summed E-state index contributed by atoms with van der Waals surface area (Å²) in [5.41, 5.74) is 6.37. The maximum atomic E-state index is 11.8. The summed E-state index contributed by atoms with van der Waals surface area (Å²) in [7, 11) is 1.62. The van der Waals surface area contributed by atoms with Crippen molar-refractivity contribution in [1.29, 1.82) is 0 Å². The topological polar surface area (TPSA) is 73.6 Å². The summed E-state index contributed by atoms with van der Waals surface area (Å²) in [6, 6.07) is 5.65. The molecular formula is C13H18N2O3. The average molecular weight is 250 g/mol. The lowest BCUT2D eigenvalue weighted by Gasteiger charge is -2.24. The molecule has 0 radical (unpaired) electrons. The molecule has 1 amide bonds. The molecule has 0 saturated heterocycles. The van der Waals surface area contributed by atoms with Gasteiger partial charge in [0.15, 0.2) is 0 Å². The Morgan fingerprint density at radius 1 is 1.61 bits per heavy atom. The third kappa shape index (κ3) is 2.73. The largest absolute Gasteiger partial charge is 0.497 e. The fourth-order valence-corrected chi connectivity index (χ4v) is 2.01. The second-order valence-corrected chi connectivity index (χ2v) is 4.27. The van der Waals surface area contributed by atoms with Crippen LogP contribution >= 0.6 is 0 Å². The number of nitrogens with one attached hydrogen (secondary N) is 1. The molecule has 98 valence electrons. The summed E-state index contributed by atoms with van der Waals surface area (Å²) in [5.74, 6) is 1.45. The first-order valence-corrected chi connectivity index (χ1v) is 6.02. The number of hydrogen-bond acceptors (Lipinski definition) is 4. The molecule has 5 heteroatoms. The van der Waals surface area contributed by atoms with Crippen LogP contribution in [0.1, 0.15) is 5.56 Å². The van der Waals surface area contributed by atoms with Gasteiger partial charge in [0.25, 0.3) is 0 Å². The monoisotopic (exact) mass is 250 g/mol. The first-order valence-electron chi connectivity index (χ1n) is 6.02. The predicted molar refractivity (Wildman–Crippen MR) is 67.7 cm³/mol. The van der Waals surface area contributed by atoms with Gasteiger partial charge in [-0.15, -0.1) is 0 Å². The van der Waals surface area contributed by atoms with Crippen molar-refractivity contribution >= 4 is 5.91 Å². The molecule has 18 heavy (non-hydrogen) atoms. The Morgan fingerprint density at radius 2 is 2.44 bits per heavy atom. The van der Waals surface area contributed by atoms with Crippen molar-refractivity contribution in [2.75, 3.05) is 26.8 Å². The average Bonchev–Trinajstić information content (AvgIpc) is 2.43. The normalized spacial score (nSPS) is 17.6. The van der Waals surface area contributed by atoms with E-state index in [2.05, 4.69) is 5.32 Å². The molecule has 3 N–H and O–H groups in total. The van der Waals surface area contributed by atoms with E-state index >= 15 is 0 Å². The van der Waals surface area contributed by atoms with E-state index in [1.807, 2.05) is 18.2 Å². The molecular weight excluding hydrogens is 232 g/mol. The number of ether oxygens (including phenoxy) is 2. The van der Waals surface area contributed by atoms with Crippen LogP contribution in [-0.4, -0.2) is 32.7 Å². The van der Waals surface area contributed by atoms with Crippen LogP contribution in [-0.2, 0) is 11.2 Å². The van der Waals surface area contributed by atoms with Gasteiger partial charge in [-0.25, -0.2) is 0 Å². The van der Waals surface area contributed by atoms with Crippen LogP contribution in [0.2, 0.25) is 0 Å². The van der Waals surface area contributed by atoms with E-state index < -0.39 is 0 Å². The van der Waals surface area contributed by atoms with Crippen LogP contribution in [0.3, 0.4) is 0 Å². The van der Waals surface area contributed by atoms with Crippen LogP contribution in [0, 0.1) is 5.92 Å². The lowest BCUT2D eigenvalue weighted by molar-refractivity contribution is -0.126. The van der Waals surface area contributed by atoms with Gasteiger partial charge in [-0.05, 0) is 30.2 Å². The number of methoxy groups -OCH3 is 1. The zero-order chi connectivity index (χ0) is 13.0. The van der Waals surface area contributed by atoms with Gasteiger partial charge >= 0.3 is 0 Å². The predicted octanol–water partition coefficient (Wildman–Crippen LogP) is 0.321. The van der Waals surface area contributed by atoms with Crippen LogP contribution in [0.5, 0.6) is 11.5 Å². The van der Waals surface area contributed by atoms with Crippen LogP contribution in [0.25, 0.3) is 0 Å². The van der Waals surface area contributed by atoms with E-state index in [1.165, 1.54) is 0 Å². The van der Waals surface area contributed by atoms with Crippen LogP contribution in [0.4, 0.5) is 0 Å². The molecule has 1 aliphatic heterocycles. The lowest BCUT2D eigenvalue weighted by Crippen LogP contribution is -2.39. The molecule has 0 spiro atoms.